The van der Waals surface area contributed by atoms with Crippen molar-refractivity contribution in [3.63, 3.8) is 0 Å². The lowest BCUT2D eigenvalue weighted by atomic mass is 10.3. The Balaban J connectivity index is 2.40. The van der Waals surface area contributed by atoms with Gasteiger partial charge in [0.2, 0.25) is 0 Å². The van der Waals surface area contributed by atoms with E-state index in [1.165, 1.54) is 0 Å². The molecule has 0 spiro atoms. The van der Waals surface area contributed by atoms with Crippen LogP contribution in [0.4, 0.5) is 0 Å². The lowest BCUT2D eigenvalue weighted by Crippen LogP contribution is -2.04. The molecule has 2 N–H and O–H groups in total. The summed E-state index contributed by atoms with van der Waals surface area (Å²) in [6.07, 6.45) is 1.64. The SMILES string of the molecule is NCCCc1nnc2ccc(Cl)nn12. The van der Waals surface area contributed by atoms with E-state index in [2.05, 4.69) is 15.3 Å². The fourth-order valence-corrected chi connectivity index (χ4v) is 1.37. The molecule has 2 rings (SSSR count). The molecule has 5 nitrogen and oxygen atoms in total. The van der Waals surface area contributed by atoms with Crippen LogP contribution in [0.1, 0.15) is 12.2 Å². The molecule has 14 heavy (non-hydrogen) atoms. The van der Waals surface area contributed by atoms with Gasteiger partial charge in [0.1, 0.15) is 5.15 Å². The average Bonchev–Trinajstić information content (AvgIpc) is 2.57. The molecule has 0 aliphatic rings. The van der Waals surface area contributed by atoms with E-state index in [0.29, 0.717) is 17.3 Å². The van der Waals surface area contributed by atoms with Crippen LogP contribution in [-0.2, 0) is 6.42 Å². The number of hydrogen-bond acceptors (Lipinski definition) is 4. The highest BCUT2D eigenvalue weighted by atomic mass is 35.5. The number of fused-ring (bicyclic) bond motifs is 1. The van der Waals surface area contributed by atoms with Crippen molar-refractivity contribution in [1.82, 2.24) is 19.8 Å². The molecule has 0 atom stereocenters. The normalized spacial score (nSPS) is 11.0. The maximum Gasteiger partial charge on any atom is 0.178 e. The van der Waals surface area contributed by atoms with Gasteiger partial charge in [0.05, 0.1) is 0 Å². The van der Waals surface area contributed by atoms with Crippen molar-refractivity contribution in [3.8, 4) is 0 Å². The minimum absolute atomic E-state index is 0.436. The van der Waals surface area contributed by atoms with Crippen LogP contribution in [0.3, 0.4) is 0 Å². The Morgan fingerprint density at radius 1 is 1.36 bits per heavy atom. The number of aryl methyl sites for hydroxylation is 1. The standard InChI is InChI=1S/C8H10ClN5/c9-6-3-4-8-12-11-7(2-1-5-10)14(8)13-6/h3-4H,1-2,5,10H2. The maximum absolute atomic E-state index is 5.77. The summed E-state index contributed by atoms with van der Waals surface area (Å²) in [7, 11) is 0. The minimum atomic E-state index is 0.436. The lowest BCUT2D eigenvalue weighted by Gasteiger charge is -1.97. The van der Waals surface area contributed by atoms with Gasteiger partial charge in [-0.3, -0.25) is 0 Å². The van der Waals surface area contributed by atoms with Crippen molar-refractivity contribution in [1.29, 1.82) is 0 Å². The van der Waals surface area contributed by atoms with Gasteiger partial charge in [-0.1, -0.05) is 11.6 Å². The number of nitrogens with zero attached hydrogens (tertiary/aromatic N) is 4. The fourth-order valence-electron chi connectivity index (χ4n) is 1.23. The molecule has 6 heteroatoms. The summed E-state index contributed by atoms with van der Waals surface area (Å²) in [5, 5.41) is 12.5. The second-order valence-corrected chi connectivity index (χ2v) is 3.32. The molecule has 0 saturated heterocycles. The van der Waals surface area contributed by atoms with Crippen molar-refractivity contribution < 1.29 is 0 Å². The van der Waals surface area contributed by atoms with Gasteiger partial charge < -0.3 is 5.73 Å². The summed E-state index contributed by atoms with van der Waals surface area (Å²) in [5.74, 6) is 0.799. The topological polar surface area (TPSA) is 69.1 Å². The maximum atomic E-state index is 5.77. The molecule has 0 amide bonds. The molecule has 0 aliphatic heterocycles. The van der Waals surface area contributed by atoms with E-state index < -0.39 is 0 Å². The number of aromatic nitrogens is 4. The largest absolute Gasteiger partial charge is 0.330 e. The zero-order valence-electron chi connectivity index (χ0n) is 7.52. The van der Waals surface area contributed by atoms with Crippen molar-refractivity contribution in [2.75, 3.05) is 6.54 Å². The molecular weight excluding hydrogens is 202 g/mol. The molecule has 74 valence electrons. The molecular formula is C8H10ClN5. The Bertz CT molecular complexity index is 438. The van der Waals surface area contributed by atoms with Crippen LogP contribution in [-0.4, -0.2) is 26.4 Å². The van der Waals surface area contributed by atoms with E-state index in [9.17, 15) is 0 Å². The first-order chi connectivity index (χ1) is 6.81. The number of rotatable bonds is 3. The number of halogens is 1. The third-order valence-corrected chi connectivity index (χ3v) is 2.10. The van der Waals surface area contributed by atoms with Crippen molar-refractivity contribution >= 4 is 17.2 Å². The fraction of sp³-hybridized carbons (Fsp3) is 0.375. The van der Waals surface area contributed by atoms with E-state index in [1.807, 2.05) is 0 Å². The monoisotopic (exact) mass is 211 g/mol. The Kier molecular flexibility index (Phi) is 2.60. The van der Waals surface area contributed by atoms with Gasteiger partial charge in [-0.15, -0.1) is 10.2 Å². The van der Waals surface area contributed by atoms with Crippen LogP contribution in [0.25, 0.3) is 5.65 Å². The van der Waals surface area contributed by atoms with Crippen LogP contribution in [0.15, 0.2) is 12.1 Å². The predicted octanol–water partition coefficient (Wildman–Crippen LogP) is 0.669. The second kappa shape index (κ2) is 3.89. The van der Waals surface area contributed by atoms with E-state index in [0.717, 1.165) is 18.7 Å². The molecule has 0 fully saturated rings. The molecule has 0 aromatic carbocycles. The summed E-state index contributed by atoms with van der Waals surface area (Å²) < 4.78 is 1.65. The molecule has 2 heterocycles. The van der Waals surface area contributed by atoms with Crippen LogP contribution >= 0.6 is 11.6 Å². The summed E-state index contributed by atoms with van der Waals surface area (Å²) >= 11 is 5.77. The zero-order valence-corrected chi connectivity index (χ0v) is 8.28. The third-order valence-electron chi connectivity index (χ3n) is 1.90. The molecule has 0 unspecified atom stereocenters. The highest BCUT2D eigenvalue weighted by molar-refractivity contribution is 6.29. The molecule has 0 bridgehead atoms. The first-order valence-corrected chi connectivity index (χ1v) is 4.76. The first kappa shape index (κ1) is 9.36. The highest BCUT2D eigenvalue weighted by Crippen LogP contribution is 2.08. The van der Waals surface area contributed by atoms with Gasteiger partial charge in [0, 0.05) is 6.42 Å². The molecule has 2 aromatic rings. The van der Waals surface area contributed by atoms with Gasteiger partial charge in [0.15, 0.2) is 11.5 Å². The predicted molar refractivity (Wildman–Crippen MR) is 53.2 cm³/mol. The molecule has 2 aromatic heterocycles. The third kappa shape index (κ3) is 1.69. The lowest BCUT2D eigenvalue weighted by molar-refractivity contribution is 0.739. The van der Waals surface area contributed by atoms with E-state index in [1.54, 1.807) is 16.6 Å². The van der Waals surface area contributed by atoms with E-state index in [-0.39, 0.29) is 0 Å². The van der Waals surface area contributed by atoms with Crippen LogP contribution in [0.5, 0.6) is 0 Å². The highest BCUT2D eigenvalue weighted by Gasteiger charge is 2.05. The molecule has 0 radical (unpaired) electrons. The molecule has 0 saturated carbocycles. The van der Waals surface area contributed by atoms with Crippen molar-refractivity contribution in [3.05, 3.63) is 23.1 Å². The Hall–Kier alpha value is -1.20. The van der Waals surface area contributed by atoms with Crippen LogP contribution in [0.2, 0.25) is 5.15 Å². The average molecular weight is 212 g/mol. The van der Waals surface area contributed by atoms with Gasteiger partial charge >= 0.3 is 0 Å². The first-order valence-electron chi connectivity index (χ1n) is 4.38. The summed E-state index contributed by atoms with van der Waals surface area (Å²) in [4.78, 5) is 0. The van der Waals surface area contributed by atoms with Gasteiger partial charge in [-0.25, -0.2) is 0 Å². The quantitative estimate of drug-likeness (QED) is 0.810. The summed E-state index contributed by atoms with van der Waals surface area (Å²) in [6.45, 7) is 0.634. The number of nitrogens with two attached hydrogens (primary N) is 1. The second-order valence-electron chi connectivity index (χ2n) is 2.93. The van der Waals surface area contributed by atoms with Crippen LogP contribution in [0, 0.1) is 0 Å². The van der Waals surface area contributed by atoms with Gasteiger partial charge in [-0.2, -0.15) is 9.61 Å². The number of hydrogen-bond donors (Lipinski definition) is 1. The van der Waals surface area contributed by atoms with Crippen molar-refractivity contribution in [2.24, 2.45) is 5.73 Å². The summed E-state index contributed by atoms with van der Waals surface area (Å²) in [5.41, 5.74) is 6.12. The molecule has 0 aliphatic carbocycles. The Morgan fingerprint density at radius 3 is 3.00 bits per heavy atom. The summed E-state index contributed by atoms with van der Waals surface area (Å²) in [6, 6.07) is 3.48. The van der Waals surface area contributed by atoms with E-state index >= 15 is 0 Å². The van der Waals surface area contributed by atoms with Crippen molar-refractivity contribution in [2.45, 2.75) is 12.8 Å². The van der Waals surface area contributed by atoms with Crippen LogP contribution < -0.4 is 5.73 Å². The Morgan fingerprint density at radius 2 is 2.21 bits per heavy atom. The Labute approximate surface area is 85.9 Å². The van der Waals surface area contributed by atoms with E-state index in [4.69, 9.17) is 17.3 Å². The minimum Gasteiger partial charge on any atom is -0.330 e. The smallest absolute Gasteiger partial charge is 0.178 e. The zero-order chi connectivity index (χ0) is 9.97. The van der Waals surface area contributed by atoms with Gasteiger partial charge in [-0.05, 0) is 25.1 Å². The van der Waals surface area contributed by atoms with Gasteiger partial charge in [0.25, 0.3) is 0 Å².